The van der Waals surface area contributed by atoms with Gasteiger partial charge in [0.2, 0.25) is 0 Å². The molecule has 1 heterocycles. The fourth-order valence-electron chi connectivity index (χ4n) is 3.05. The van der Waals surface area contributed by atoms with Crippen LogP contribution in [0.2, 0.25) is 0 Å². The van der Waals surface area contributed by atoms with Crippen molar-refractivity contribution in [2.24, 2.45) is 5.92 Å². The van der Waals surface area contributed by atoms with E-state index in [1.807, 2.05) is 37.3 Å². The largest absolute Gasteiger partial charge is 0.481 e. The van der Waals surface area contributed by atoms with Crippen molar-refractivity contribution in [3.8, 4) is 0 Å². The van der Waals surface area contributed by atoms with Gasteiger partial charge in [-0.3, -0.25) is 4.79 Å². The molecule has 2 unspecified atom stereocenters. The van der Waals surface area contributed by atoms with E-state index in [0.29, 0.717) is 25.4 Å². The lowest BCUT2D eigenvalue weighted by Crippen LogP contribution is -2.49. The van der Waals surface area contributed by atoms with Crippen LogP contribution in [0.5, 0.6) is 0 Å². The molecular formula is C17H26N2O4S. The van der Waals surface area contributed by atoms with E-state index in [1.165, 1.54) is 4.31 Å². The summed E-state index contributed by atoms with van der Waals surface area (Å²) in [5, 5.41) is 8.92. The van der Waals surface area contributed by atoms with E-state index in [9.17, 15) is 13.2 Å². The molecule has 2 rings (SSSR count). The third-order valence-electron chi connectivity index (χ3n) is 4.31. The summed E-state index contributed by atoms with van der Waals surface area (Å²) in [6.07, 6.45) is 2.60. The number of piperidine rings is 1. The summed E-state index contributed by atoms with van der Waals surface area (Å²) >= 11 is 0. The van der Waals surface area contributed by atoms with Crippen molar-refractivity contribution in [3.63, 3.8) is 0 Å². The highest BCUT2D eigenvalue weighted by Gasteiger charge is 2.29. The zero-order valence-electron chi connectivity index (χ0n) is 14.0. The lowest BCUT2D eigenvalue weighted by Gasteiger charge is -2.31. The molecule has 2 atom stereocenters. The molecule has 0 aliphatic carbocycles. The molecule has 1 fully saturated rings. The molecule has 6 nitrogen and oxygen atoms in total. The molecule has 0 aromatic heterocycles. The number of hydrogen-bond donors (Lipinski definition) is 2. The maximum atomic E-state index is 12.6. The first-order chi connectivity index (χ1) is 11.4. The lowest BCUT2D eigenvalue weighted by atomic mass is 10.0. The van der Waals surface area contributed by atoms with Crippen molar-refractivity contribution in [2.75, 3.05) is 13.1 Å². The van der Waals surface area contributed by atoms with Crippen LogP contribution in [0.3, 0.4) is 0 Å². The molecule has 0 bridgehead atoms. The minimum absolute atomic E-state index is 0.0591. The molecule has 0 saturated carbocycles. The predicted molar refractivity (Wildman–Crippen MR) is 92.8 cm³/mol. The molecule has 7 heteroatoms. The molecule has 0 amide bonds. The molecule has 1 aliphatic rings. The Labute approximate surface area is 144 Å². The average molecular weight is 354 g/mol. The first kappa shape index (κ1) is 18.9. The first-order valence-corrected chi connectivity index (χ1v) is 9.84. The second kappa shape index (κ2) is 8.60. The van der Waals surface area contributed by atoms with Gasteiger partial charge in [-0.1, -0.05) is 37.3 Å². The fourth-order valence-corrected chi connectivity index (χ4v) is 4.64. The average Bonchev–Trinajstić information content (AvgIpc) is 2.53. The molecule has 0 spiro atoms. The van der Waals surface area contributed by atoms with Crippen molar-refractivity contribution in [1.29, 1.82) is 0 Å². The van der Waals surface area contributed by atoms with Crippen molar-refractivity contribution in [2.45, 2.75) is 45.1 Å². The number of rotatable bonds is 8. The van der Waals surface area contributed by atoms with E-state index < -0.39 is 22.2 Å². The van der Waals surface area contributed by atoms with Gasteiger partial charge in [-0.2, -0.15) is 17.4 Å². The van der Waals surface area contributed by atoms with Crippen LogP contribution >= 0.6 is 0 Å². The number of carbonyl (C=O) groups is 1. The standard InChI is InChI=1S/C17H26N2O4S/c1-14-6-5-11-19(13-14)24(22,23)18-16(9-10-17(20)21)12-15-7-3-2-4-8-15/h2-4,7-8,14,16,18H,5-6,9-13H2,1H3,(H,20,21). The zero-order valence-corrected chi connectivity index (χ0v) is 14.8. The number of carboxylic acid groups (broad SMARTS) is 1. The second-order valence-electron chi connectivity index (χ2n) is 6.55. The normalized spacial score (nSPS) is 20.6. The van der Waals surface area contributed by atoms with Crippen LogP contribution in [0.15, 0.2) is 30.3 Å². The van der Waals surface area contributed by atoms with Crippen LogP contribution in [0.1, 0.15) is 38.2 Å². The van der Waals surface area contributed by atoms with E-state index in [2.05, 4.69) is 4.72 Å². The SMILES string of the molecule is CC1CCCN(S(=O)(=O)NC(CCC(=O)O)Cc2ccccc2)C1. The van der Waals surface area contributed by atoms with E-state index >= 15 is 0 Å². The van der Waals surface area contributed by atoms with E-state index in [4.69, 9.17) is 5.11 Å². The number of nitrogens with one attached hydrogen (secondary N) is 1. The van der Waals surface area contributed by atoms with E-state index in [1.54, 1.807) is 0 Å². The Morgan fingerprint density at radius 1 is 1.38 bits per heavy atom. The van der Waals surface area contributed by atoms with Gasteiger partial charge in [0, 0.05) is 25.6 Å². The highest BCUT2D eigenvalue weighted by Crippen LogP contribution is 2.19. The smallest absolute Gasteiger partial charge is 0.303 e. The molecular weight excluding hydrogens is 328 g/mol. The summed E-state index contributed by atoms with van der Waals surface area (Å²) in [5.74, 6) is -0.569. The quantitative estimate of drug-likeness (QED) is 0.748. The molecule has 24 heavy (non-hydrogen) atoms. The Morgan fingerprint density at radius 3 is 2.71 bits per heavy atom. The zero-order chi connectivity index (χ0) is 17.6. The third-order valence-corrected chi connectivity index (χ3v) is 5.95. The van der Waals surface area contributed by atoms with Gasteiger partial charge in [0.25, 0.3) is 10.2 Å². The van der Waals surface area contributed by atoms with Gasteiger partial charge in [-0.05, 0) is 37.2 Å². The van der Waals surface area contributed by atoms with Crippen molar-refractivity contribution < 1.29 is 18.3 Å². The van der Waals surface area contributed by atoms with Crippen molar-refractivity contribution >= 4 is 16.2 Å². The lowest BCUT2D eigenvalue weighted by molar-refractivity contribution is -0.137. The van der Waals surface area contributed by atoms with Crippen molar-refractivity contribution in [1.82, 2.24) is 9.03 Å². The summed E-state index contributed by atoms with van der Waals surface area (Å²) in [4.78, 5) is 10.9. The Balaban J connectivity index is 2.06. The molecule has 134 valence electrons. The van der Waals surface area contributed by atoms with Crippen LogP contribution in [-0.2, 0) is 21.4 Å². The van der Waals surface area contributed by atoms with Crippen LogP contribution in [0.25, 0.3) is 0 Å². The van der Waals surface area contributed by atoms with Crippen LogP contribution in [0, 0.1) is 5.92 Å². The Kier molecular flexibility index (Phi) is 6.77. The summed E-state index contributed by atoms with van der Waals surface area (Å²) in [6, 6.07) is 9.10. The van der Waals surface area contributed by atoms with Gasteiger partial charge in [0.05, 0.1) is 0 Å². The maximum Gasteiger partial charge on any atom is 0.303 e. The van der Waals surface area contributed by atoms with Gasteiger partial charge in [0.1, 0.15) is 0 Å². The maximum absolute atomic E-state index is 12.6. The molecule has 2 N–H and O–H groups in total. The third kappa shape index (κ3) is 5.89. The number of nitrogens with zero attached hydrogens (tertiary/aromatic N) is 1. The Bertz CT molecular complexity index is 633. The summed E-state index contributed by atoms with van der Waals surface area (Å²) in [7, 11) is -3.59. The molecule has 0 radical (unpaired) electrons. The number of aliphatic carboxylic acids is 1. The summed E-state index contributed by atoms with van der Waals surface area (Å²) in [5.41, 5.74) is 0.989. The summed E-state index contributed by atoms with van der Waals surface area (Å²) < 4.78 is 29.5. The molecule has 1 saturated heterocycles. The van der Waals surface area contributed by atoms with E-state index in [0.717, 1.165) is 18.4 Å². The fraction of sp³-hybridized carbons (Fsp3) is 0.588. The molecule has 1 aromatic carbocycles. The van der Waals surface area contributed by atoms with Crippen molar-refractivity contribution in [3.05, 3.63) is 35.9 Å². The van der Waals surface area contributed by atoms with E-state index in [-0.39, 0.29) is 12.8 Å². The topological polar surface area (TPSA) is 86.7 Å². The Hall–Kier alpha value is -1.44. The minimum Gasteiger partial charge on any atom is -0.481 e. The first-order valence-electron chi connectivity index (χ1n) is 8.40. The number of hydrogen-bond acceptors (Lipinski definition) is 3. The molecule has 1 aromatic rings. The minimum atomic E-state index is -3.59. The summed E-state index contributed by atoms with van der Waals surface area (Å²) in [6.45, 7) is 3.09. The second-order valence-corrected chi connectivity index (χ2v) is 8.25. The Morgan fingerprint density at radius 2 is 2.08 bits per heavy atom. The highest BCUT2D eigenvalue weighted by atomic mass is 32.2. The predicted octanol–water partition coefficient (Wildman–Crippen LogP) is 2.03. The monoisotopic (exact) mass is 354 g/mol. The van der Waals surface area contributed by atoms with Crippen LogP contribution < -0.4 is 4.72 Å². The van der Waals surface area contributed by atoms with Gasteiger partial charge < -0.3 is 5.11 Å². The number of benzene rings is 1. The van der Waals surface area contributed by atoms with Crippen LogP contribution in [0.4, 0.5) is 0 Å². The molecule has 1 aliphatic heterocycles. The van der Waals surface area contributed by atoms with Gasteiger partial charge in [-0.25, -0.2) is 0 Å². The highest BCUT2D eigenvalue weighted by molar-refractivity contribution is 7.87. The van der Waals surface area contributed by atoms with Gasteiger partial charge in [-0.15, -0.1) is 0 Å². The van der Waals surface area contributed by atoms with Gasteiger partial charge >= 0.3 is 5.97 Å². The number of carboxylic acids is 1. The van der Waals surface area contributed by atoms with Gasteiger partial charge in [0.15, 0.2) is 0 Å². The van der Waals surface area contributed by atoms with Crippen LogP contribution in [-0.4, -0.2) is 42.9 Å².